The van der Waals surface area contributed by atoms with Gasteiger partial charge >= 0.3 is 5.97 Å². The van der Waals surface area contributed by atoms with E-state index in [9.17, 15) is 14.7 Å². The Bertz CT molecular complexity index is 678. The minimum atomic E-state index is -1.02. The summed E-state index contributed by atoms with van der Waals surface area (Å²) >= 11 is 0. The lowest BCUT2D eigenvalue weighted by molar-refractivity contribution is -0.140. The molecule has 0 saturated heterocycles. The topological polar surface area (TPSA) is 83.7 Å². The molecular formula is C15H19N3O3. The Labute approximate surface area is 122 Å². The van der Waals surface area contributed by atoms with Gasteiger partial charge in [-0.3, -0.25) is 9.20 Å². The molecule has 0 aliphatic rings. The molecule has 0 spiro atoms. The second kappa shape index (κ2) is 5.95. The number of nitrogens with one attached hydrogen (secondary N) is 1. The van der Waals surface area contributed by atoms with E-state index in [0.717, 1.165) is 0 Å². The first-order valence-electron chi connectivity index (χ1n) is 6.93. The van der Waals surface area contributed by atoms with Crippen molar-refractivity contribution in [1.29, 1.82) is 0 Å². The van der Waals surface area contributed by atoms with E-state index in [2.05, 4.69) is 10.3 Å². The maximum atomic E-state index is 12.4. The van der Waals surface area contributed by atoms with Gasteiger partial charge in [-0.15, -0.1) is 0 Å². The number of carboxylic acids is 1. The third kappa shape index (κ3) is 2.89. The maximum absolute atomic E-state index is 12.4. The summed E-state index contributed by atoms with van der Waals surface area (Å²) in [7, 11) is 0. The van der Waals surface area contributed by atoms with Crippen molar-refractivity contribution in [2.45, 2.75) is 33.2 Å². The number of nitrogens with zero attached hydrogens (tertiary/aromatic N) is 2. The maximum Gasteiger partial charge on any atom is 0.326 e. The first-order chi connectivity index (χ1) is 9.95. The van der Waals surface area contributed by atoms with Gasteiger partial charge in [-0.25, -0.2) is 9.78 Å². The Morgan fingerprint density at radius 1 is 1.43 bits per heavy atom. The number of carboxylic acid groups (broad SMARTS) is 1. The quantitative estimate of drug-likeness (QED) is 0.880. The van der Waals surface area contributed by atoms with Crippen molar-refractivity contribution in [3.8, 4) is 0 Å². The van der Waals surface area contributed by atoms with Crippen LogP contribution in [0.25, 0.3) is 5.65 Å². The van der Waals surface area contributed by atoms with Crippen LogP contribution in [-0.2, 0) is 4.79 Å². The third-order valence-corrected chi connectivity index (χ3v) is 3.68. The average molecular weight is 289 g/mol. The highest BCUT2D eigenvalue weighted by Crippen LogP contribution is 2.14. The summed E-state index contributed by atoms with van der Waals surface area (Å²) in [6.07, 6.45) is 2.41. The van der Waals surface area contributed by atoms with Crippen LogP contribution in [0.5, 0.6) is 0 Å². The van der Waals surface area contributed by atoms with Crippen LogP contribution in [-0.4, -0.2) is 32.4 Å². The number of fused-ring (bicyclic) bond motifs is 1. The van der Waals surface area contributed by atoms with Gasteiger partial charge in [0.15, 0.2) is 0 Å². The summed E-state index contributed by atoms with van der Waals surface area (Å²) in [5.41, 5.74) is 1.61. The van der Waals surface area contributed by atoms with Crippen LogP contribution in [0.1, 0.15) is 36.5 Å². The molecule has 2 unspecified atom stereocenters. The molecule has 2 atom stereocenters. The zero-order chi connectivity index (χ0) is 15.6. The summed E-state index contributed by atoms with van der Waals surface area (Å²) in [5.74, 6) is -1.59. The second-order valence-electron chi connectivity index (χ2n) is 5.15. The smallest absolute Gasteiger partial charge is 0.326 e. The van der Waals surface area contributed by atoms with Crippen LogP contribution in [0.3, 0.4) is 0 Å². The van der Waals surface area contributed by atoms with Crippen molar-refractivity contribution in [1.82, 2.24) is 14.7 Å². The Balaban J connectivity index is 2.34. The van der Waals surface area contributed by atoms with Crippen LogP contribution in [0, 0.1) is 12.8 Å². The molecule has 0 fully saturated rings. The average Bonchev–Trinajstić information content (AvgIpc) is 2.79. The molecule has 2 aromatic heterocycles. The lowest BCUT2D eigenvalue weighted by Gasteiger charge is -2.20. The predicted octanol–water partition coefficient (Wildman–Crippen LogP) is 1.87. The molecule has 6 heteroatoms. The number of hydrogen-bond acceptors (Lipinski definition) is 3. The second-order valence-corrected chi connectivity index (χ2v) is 5.15. The van der Waals surface area contributed by atoms with Crippen molar-refractivity contribution < 1.29 is 14.7 Å². The normalized spacial score (nSPS) is 13.9. The monoisotopic (exact) mass is 289 g/mol. The summed E-state index contributed by atoms with van der Waals surface area (Å²) < 4.78 is 1.67. The lowest BCUT2D eigenvalue weighted by atomic mass is 9.99. The highest BCUT2D eigenvalue weighted by Gasteiger charge is 2.27. The van der Waals surface area contributed by atoms with Crippen molar-refractivity contribution in [2.75, 3.05) is 0 Å². The SMILES string of the molecule is CCC(C)C(NC(=O)c1c(C)nc2ccccn12)C(=O)O. The van der Waals surface area contributed by atoms with Gasteiger partial charge in [0, 0.05) is 6.20 Å². The first kappa shape index (κ1) is 15.0. The number of pyridine rings is 1. The van der Waals surface area contributed by atoms with Crippen LogP contribution in [0.15, 0.2) is 24.4 Å². The highest BCUT2D eigenvalue weighted by molar-refractivity contribution is 5.97. The van der Waals surface area contributed by atoms with Crippen LogP contribution < -0.4 is 5.32 Å². The number of carbonyl (C=O) groups excluding carboxylic acids is 1. The van der Waals surface area contributed by atoms with Gasteiger partial charge in [-0.1, -0.05) is 26.3 Å². The minimum absolute atomic E-state index is 0.147. The molecule has 1 amide bonds. The van der Waals surface area contributed by atoms with Crippen molar-refractivity contribution in [3.05, 3.63) is 35.8 Å². The fourth-order valence-corrected chi connectivity index (χ4v) is 2.28. The molecule has 2 rings (SSSR count). The van der Waals surface area contributed by atoms with Crippen LogP contribution >= 0.6 is 0 Å². The van der Waals surface area contributed by atoms with E-state index in [4.69, 9.17) is 0 Å². The summed E-state index contributed by atoms with van der Waals surface area (Å²) in [4.78, 5) is 28.1. The molecule has 112 valence electrons. The van der Waals surface area contributed by atoms with Gasteiger partial charge < -0.3 is 10.4 Å². The van der Waals surface area contributed by atoms with Gasteiger partial charge in [0.2, 0.25) is 0 Å². The molecule has 0 radical (unpaired) electrons. The number of hydrogen-bond donors (Lipinski definition) is 2. The molecule has 0 saturated carbocycles. The first-order valence-corrected chi connectivity index (χ1v) is 6.93. The zero-order valence-corrected chi connectivity index (χ0v) is 12.3. The van der Waals surface area contributed by atoms with Gasteiger partial charge in [-0.05, 0) is 25.0 Å². The summed E-state index contributed by atoms with van der Waals surface area (Å²) in [6, 6.07) is 4.53. The fraction of sp³-hybridized carbons (Fsp3) is 0.400. The highest BCUT2D eigenvalue weighted by atomic mass is 16.4. The van der Waals surface area contributed by atoms with E-state index in [-0.39, 0.29) is 5.92 Å². The van der Waals surface area contributed by atoms with E-state index < -0.39 is 17.9 Å². The minimum Gasteiger partial charge on any atom is -0.480 e. The number of carbonyl (C=O) groups is 2. The predicted molar refractivity (Wildman–Crippen MR) is 78.3 cm³/mol. The molecule has 2 aromatic rings. The van der Waals surface area contributed by atoms with E-state index in [1.807, 2.05) is 13.0 Å². The fourth-order valence-electron chi connectivity index (χ4n) is 2.28. The van der Waals surface area contributed by atoms with E-state index >= 15 is 0 Å². The number of rotatable bonds is 5. The van der Waals surface area contributed by atoms with E-state index in [0.29, 0.717) is 23.5 Å². The van der Waals surface area contributed by atoms with Gasteiger partial charge in [0.1, 0.15) is 17.4 Å². The van der Waals surface area contributed by atoms with Crippen molar-refractivity contribution in [2.24, 2.45) is 5.92 Å². The molecule has 2 heterocycles. The molecule has 0 aliphatic carbocycles. The standard InChI is InChI=1S/C15H19N3O3/c1-4-9(2)12(15(20)21)17-14(19)13-10(3)16-11-7-5-6-8-18(11)13/h5-9,12H,4H2,1-3H3,(H,17,19)(H,20,21). The van der Waals surface area contributed by atoms with Crippen molar-refractivity contribution in [3.63, 3.8) is 0 Å². The summed E-state index contributed by atoms with van der Waals surface area (Å²) in [5, 5.41) is 11.9. The number of aryl methyl sites for hydroxylation is 1. The molecule has 0 aliphatic heterocycles. The van der Waals surface area contributed by atoms with E-state index in [1.54, 1.807) is 36.6 Å². The Morgan fingerprint density at radius 2 is 2.14 bits per heavy atom. The Kier molecular flexibility index (Phi) is 4.26. The van der Waals surface area contributed by atoms with Crippen molar-refractivity contribution >= 4 is 17.5 Å². The van der Waals surface area contributed by atoms with Crippen LogP contribution in [0.2, 0.25) is 0 Å². The van der Waals surface area contributed by atoms with Gasteiger partial charge in [-0.2, -0.15) is 0 Å². The third-order valence-electron chi connectivity index (χ3n) is 3.68. The molecule has 6 nitrogen and oxygen atoms in total. The summed E-state index contributed by atoms with van der Waals surface area (Å²) in [6.45, 7) is 5.44. The van der Waals surface area contributed by atoms with E-state index in [1.165, 1.54) is 0 Å². The lowest BCUT2D eigenvalue weighted by Crippen LogP contribution is -2.45. The Hall–Kier alpha value is -2.37. The molecule has 2 N–H and O–H groups in total. The number of aliphatic carboxylic acids is 1. The number of aromatic nitrogens is 2. The van der Waals surface area contributed by atoms with Gasteiger partial charge in [0.25, 0.3) is 5.91 Å². The molecule has 0 aromatic carbocycles. The van der Waals surface area contributed by atoms with Gasteiger partial charge in [0.05, 0.1) is 5.69 Å². The zero-order valence-electron chi connectivity index (χ0n) is 12.3. The van der Waals surface area contributed by atoms with Crippen LogP contribution in [0.4, 0.5) is 0 Å². The number of amides is 1. The molecular weight excluding hydrogens is 270 g/mol. The Morgan fingerprint density at radius 3 is 2.76 bits per heavy atom. The molecule has 21 heavy (non-hydrogen) atoms. The molecule has 0 bridgehead atoms. The largest absolute Gasteiger partial charge is 0.480 e. The number of imidazole rings is 1.